The van der Waals surface area contributed by atoms with Crippen LogP contribution in [0.3, 0.4) is 0 Å². The number of anilines is 1. The van der Waals surface area contributed by atoms with Crippen LogP contribution < -0.4 is 16.2 Å². The predicted octanol–water partition coefficient (Wildman–Crippen LogP) is 3.73. The predicted molar refractivity (Wildman–Crippen MR) is 107 cm³/mol. The third kappa shape index (κ3) is 4.84. The first kappa shape index (κ1) is 18.9. The van der Waals surface area contributed by atoms with Crippen molar-refractivity contribution >= 4 is 56.4 Å². The highest BCUT2D eigenvalue weighted by Gasteiger charge is 2.17. The fraction of sp³-hybridized carbons (Fsp3) is 0.105. The molecule has 0 aliphatic rings. The summed E-state index contributed by atoms with van der Waals surface area (Å²) in [6, 6.07) is 16.4. The van der Waals surface area contributed by atoms with Crippen molar-refractivity contribution in [2.24, 2.45) is 0 Å². The van der Waals surface area contributed by atoms with Gasteiger partial charge >= 0.3 is 0 Å². The highest BCUT2D eigenvalue weighted by molar-refractivity contribution is 7.21. The van der Waals surface area contributed by atoms with Crippen LogP contribution >= 0.6 is 22.9 Å². The lowest BCUT2D eigenvalue weighted by molar-refractivity contribution is -0.124. The molecule has 1 heterocycles. The van der Waals surface area contributed by atoms with Crippen molar-refractivity contribution in [3.05, 3.63) is 64.5 Å². The second-order valence-electron chi connectivity index (χ2n) is 5.66. The van der Waals surface area contributed by atoms with Gasteiger partial charge in [-0.2, -0.15) is 0 Å². The molecule has 1 aromatic heterocycles. The normalized spacial score (nSPS) is 10.4. The van der Waals surface area contributed by atoms with Gasteiger partial charge in [0.1, 0.15) is 4.88 Å². The molecule has 0 fully saturated rings. The average Bonchev–Trinajstić information content (AvgIpc) is 3.02. The number of carbonyl (C=O) groups excluding carboxylic acids is 3. The van der Waals surface area contributed by atoms with Gasteiger partial charge in [0.15, 0.2) is 0 Å². The number of nitrogens with one attached hydrogen (secondary N) is 3. The monoisotopic (exact) mass is 401 g/mol. The van der Waals surface area contributed by atoms with Crippen LogP contribution in [0.5, 0.6) is 0 Å². The minimum absolute atomic E-state index is 0.000240. The first-order valence-electron chi connectivity index (χ1n) is 8.15. The summed E-state index contributed by atoms with van der Waals surface area (Å²) in [5, 5.41) is 3.83. The molecule has 3 amide bonds. The first-order valence-corrected chi connectivity index (χ1v) is 9.35. The molecule has 2 aromatic carbocycles. The van der Waals surface area contributed by atoms with Gasteiger partial charge in [-0.3, -0.25) is 25.2 Å². The molecule has 0 atom stereocenters. The molecule has 8 heteroatoms. The highest BCUT2D eigenvalue weighted by Crippen LogP contribution is 2.34. The highest BCUT2D eigenvalue weighted by atomic mass is 35.5. The zero-order chi connectivity index (χ0) is 19.2. The number of amides is 3. The summed E-state index contributed by atoms with van der Waals surface area (Å²) >= 11 is 7.47. The third-order valence-corrected chi connectivity index (χ3v) is 5.37. The molecule has 3 rings (SSSR count). The number of para-hydroxylation sites is 1. The summed E-state index contributed by atoms with van der Waals surface area (Å²) in [5.41, 5.74) is 5.29. The van der Waals surface area contributed by atoms with E-state index in [0.717, 1.165) is 10.1 Å². The van der Waals surface area contributed by atoms with Gasteiger partial charge in [0, 0.05) is 28.6 Å². The van der Waals surface area contributed by atoms with Crippen LogP contribution in [0.15, 0.2) is 54.6 Å². The lowest BCUT2D eigenvalue weighted by Gasteiger charge is -2.07. The number of halogens is 1. The number of hydrogen-bond donors (Lipinski definition) is 3. The summed E-state index contributed by atoms with van der Waals surface area (Å²) in [6.07, 6.45) is -0.0562. The maximum absolute atomic E-state index is 12.2. The first-order chi connectivity index (χ1) is 13.0. The molecule has 0 saturated heterocycles. The molecule has 27 heavy (non-hydrogen) atoms. The molecule has 3 N–H and O–H groups in total. The van der Waals surface area contributed by atoms with Gasteiger partial charge in [0.25, 0.3) is 5.91 Å². The van der Waals surface area contributed by atoms with Gasteiger partial charge in [-0.1, -0.05) is 48.0 Å². The summed E-state index contributed by atoms with van der Waals surface area (Å²) in [4.78, 5) is 36.2. The van der Waals surface area contributed by atoms with Crippen LogP contribution in [0.2, 0.25) is 5.02 Å². The van der Waals surface area contributed by atoms with Crippen molar-refractivity contribution < 1.29 is 14.4 Å². The van der Waals surface area contributed by atoms with Crippen molar-refractivity contribution in [3.63, 3.8) is 0 Å². The molecule has 3 aromatic rings. The van der Waals surface area contributed by atoms with E-state index < -0.39 is 11.8 Å². The number of benzene rings is 2. The van der Waals surface area contributed by atoms with Gasteiger partial charge in [-0.15, -0.1) is 11.3 Å². The molecule has 0 unspecified atom stereocenters. The number of hydrazine groups is 1. The van der Waals surface area contributed by atoms with Crippen LogP contribution in [-0.4, -0.2) is 17.7 Å². The van der Waals surface area contributed by atoms with Gasteiger partial charge in [0.2, 0.25) is 11.8 Å². The zero-order valence-electron chi connectivity index (χ0n) is 14.1. The number of thiophene rings is 1. The molecule has 0 saturated carbocycles. The van der Waals surface area contributed by atoms with Crippen LogP contribution in [0.25, 0.3) is 10.1 Å². The largest absolute Gasteiger partial charge is 0.326 e. The Bertz CT molecular complexity index is 988. The van der Waals surface area contributed by atoms with E-state index >= 15 is 0 Å². The van der Waals surface area contributed by atoms with E-state index in [1.165, 1.54) is 11.3 Å². The molecule has 0 radical (unpaired) electrons. The van der Waals surface area contributed by atoms with E-state index in [9.17, 15) is 14.4 Å². The molecule has 138 valence electrons. The Labute approximate surface area is 164 Å². The van der Waals surface area contributed by atoms with Crippen molar-refractivity contribution in [3.8, 4) is 0 Å². The van der Waals surface area contributed by atoms with E-state index in [4.69, 9.17) is 11.6 Å². The van der Waals surface area contributed by atoms with E-state index in [-0.39, 0.29) is 18.7 Å². The number of carbonyl (C=O) groups is 3. The number of fused-ring (bicyclic) bond motifs is 1. The molecular formula is C19H16ClN3O3S. The van der Waals surface area contributed by atoms with Gasteiger partial charge < -0.3 is 5.32 Å². The topological polar surface area (TPSA) is 87.3 Å². The average molecular weight is 402 g/mol. The Kier molecular flexibility index (Phi) is 6.05. The Balaban J connectivity index is 1.47. The van der Waals surface area contributed by atoms with Gasteiger partial charge in [-0.25, -0.2) is 0 Å². The van der Waals surface area contributed by atoms with Crippen LogP contribution in [0.1, 0.15) is 22.5 Å². The van der Waals surface area contributed by atoms with Crippen molar-refractivity contribution in [2.75, 3.05) is 5.32 Å². The van der Waals surface area contributed by atoms with E-state index in [2.05, 4.69) is 16.2 Å². The standard InChI is InChI=1S/C19H16ClN3O3S/c20-17-13-8-4-5-9-14(13)27-18(17)19(26)23-22-16(25)11-10-15(24)21-12-6-2-1-3-7-12/h1-9H,10-11H2,(H,21,24)(H,22,25)(H,23,26). The lowest BCUT2D eigenvalue weighted by atomic mass is 10.2. The second-order valence-corrected chi connectivity index (χ2v) is 7.09. The Morgan fingerprint density at radius 1 is 0.852 bits per heavy atom. The van der Waals surface area contributed by atoms with Crippen molar-refractivity contribution in [2.45, 2.75) is 12.8 Å². The minimum Gasteiger partial charge on any atom is -0.326 e. The summed E-state index contributed by atoms with van der Waals surface area (Å²) < 4.78 is 0.886. The SMILES string of the molecule is O=C(CCC(=O)Nc1ccccc1)NNC(=O)c1sc2ccccc2c1Cl. The van der Waals surface area contributed by atoms with E-state index in [1.807, 2.05) is 30.3 Å². The molecule has 0 spiro atoms. The molecule has 0 aliphatic carbocycles. The maximum atomic E-state index is 12.2. The number of rotatable bonds is 5. The van der Waals surface area contributed by atoms with Crippen LogP contribution in [-0.2, 0) is 9.59 Å². The van der Waals surface area contributed by atoms with Gasteiger partial charge in [-0.05, 0) is 18.2 Å². The number of hydrogen-bond acceptors (Lipinski definition) is 4. The smallest absolute Gasteiger partial charge is 0.281 e. The Morgan fingerprint density at radius 2 is 1.52 bits per heavy atom. The van der Waals surface area contributed by atoms with Crippen LogP contribution in [0, 0.1) is 0 Å². The molecule has 0 bridgehead atoms. The van der Waals surface area contributed by atoms with Gasteiger partial charge in [0.05, 0.1) is 5.02 Å². The second kappa shape index (κ2) is 8.66. The quantitative estimate of drug-likeness (QED) is 0.569. The summed E-state index contributed by atoms with van der Waals surface area (Å²) in [7, 11) is 0. The molecule has 6 nitrogen and oxygen atoms in total. The molecular weight excluding hydrogens is 386 g/mol. The zero-order valence-corrected chi connectivity index (χ0v) is 15.7. The van der Waals surface area contributed by atoms with Crippen molar-refractivity contribution in [1.82, 2.24) is 10.9 Å². The van der Waals surface area contributed by atoms with Crippen LogP contribution in [0.4, 0.5) is 5.69 Å². The summed E-state index contributed by atoms with van der Waals surface area (Å²) in [5.74, 6) is -1.25. The minimum atomic E-state index is -0.497. The fourth-order valence-corrected chi connectivity index (χ4v) is 3.79. The maximum Gasteiger partial charge on any atom is 0.281 e. The fourth-order valence-electron chi connectivity index (χ4n) is 2.38. The Morgan fingerprint density at radius 3 is 2.26 bits per heavy atom. The van der Waals surface area contributed by atoms with E-state index in [0.29, 0.717) is 15.6 Å². The Hall–Kier alpha value is -2.90. The lowest BCUT2D eigenvalue weighted by Crippen LogP contribution is -2.41. The third-order valence-electron chi connectivity index (χ3n) is 3.69. The van der Waals surface area contributed by atoms with E-state index in [1.54, 1.807) is 24.3 Å². The molecule has 0 aliphatic heterocycles. The van der Waals surface area contributed by atoms with Crippen molar-refractivity contribution in [1.29, 1.82) is 0 Å². The summed E-state index contributed by atoms with van der Waals surface area (Å²) in [6.45, 7) is 0.